The second-order valence-electron chi connectivity index (χ2n) is 5.63. The minimum atomic E-state index is 0.229. The van der Waals surface area contributed by atoms with Gasteiger partial charge in [0.25, 0.3) is 0 Å². The van der Waals surface area contributed by atoms with Gasteiger partial charge < -0.3 is 0 Å². The lowest BCUT2D eigenvalue weighted by atomic mass is 9.75. The van der Waals surface area contributed by atoms with Crippen molar-refractivity contribution in [3.63, 3.8) is 0 Å². The molecule has 0 amide bonds. The van der Waals surface area contributed by atoms with E-state index in [1.54, 1.807) is 11.3 Å². The van der Waals surface area contributed by atoms with Crippen LogP contribution in [0.4, 0.5) is 0 Å². The largest absolute Gasteiger partial charge is 0.293 e. The molecule has 1 aliphatic rings. The maximum Gasteiger partial charge on any atom is 0.177 e. The fraction of sp³-hybridized carbons (Fsp3) is 0.714. The van der Waals surface area contributed by atoms with Gasteiger partial charge in [0.1, 0.15) is 0 Å². The lowest BCUT2D eigenvalue weighted by molar-refractivity contribution is 0.0839. The Morgan fingerprint density at radius 3 is 2.24 bits per heavy atom. The van der Waals surface area contributed by atoms with Crippen LogP contribution in [0.3, 0.4) is 0 Å². The number of rotatable bonds is 2. The Bertz CT molecular complexity index is 414. The van der Waals surface area contributed by atoms with Gasteiger partial charge in [-0.1, -0.05) is 13.8 Å². The van der Waals surface area contributed by atoms with Crippen molar-refractivity contribution in [2.24, 2.45) is 17.8 Å². The third-order valence-electron chi connectivity index (χ3n) is 3.68. The number of carbonyl (C=O) groups excluding carboxylic acids is 1. The highest BCUT2D eigenvalue weighted by Crippen LogP contribution is 2.36. The summed E-state index contributed by atoms with van der Waals surface area (Å²) in [4.78, 5) is 17.8. The monoisotopic (exact) mass is 251 g/mol. The minimum absolute atomic E-state index is 0.229. The molecule has 0 bridgehead atoms. The molecule has 1 aromatic rings. The van der Waals surface area contributed by atoms with Crippen LogP contribution in [0, 0.1) is 31.6 Å². The number of nitrogens with zero attached hydrogens (tertiary/aromatic N) is 1. The SMILES string of the molecule is Cc1nc(C)c(C(=O)C2CC(C)CC(C)C2)s1. The van der Waals surface area contributed by atoms with Crippen LogP contribution < -0.4 is 0 Å². The van der Waals surface area contributed by atoms with Gasteiger partial charge in [0.2, 0.25) is 0 Å². The summed E-state index contributed by atoms with van der Waals surface area (Å²) >= 11 is 1.56. The van der Waals surface area contributed by atoms with Gasteiger partial charge in [0.05, 0.1) is 15.6 Å². The lowest BCUT2D eigenvalue weighted by Crippen LogP contribution is -2.26. The van der Waals surface area contributed by atoms with Gasteiger partial charge in [-0.05, 0) is 44.9 Å². The molecule has 0 saturated heterocycles. The van der Waals surface area contributed by atoms with E-state index in [9.17, 15) is 4.79 Å². The predicted octanol–water partition coefficient (Wildman–Crippen LogP) is 4.01. The van der Waals surface area contributed by atoms with E-state index in [0.717, 1.165) is 28.4 Å². The third kappa shape index (κ3) is 2.76. The van der Waals surface area contributed by atoms with Crippen LogP contribution in [0.1, 0.15) is 53.5 Å². The van der Waals surface area contributed by atoms with Crippen LogP contribution in [0.25, 0.3) is 0 Å². The quantitative estimate of drug-likeness (QED) is 0.743. The summed E-state index contributed by atoms with van der Waals surface area (Å²) in [5.74, 6) is 1.93. The normalized spacial score (nSPS) is 29.3. The molecule has 2 unspecified atom stereocenters. The Labute approximate surface area is 107 Å². The first-order valence-electron chi connectivity index (χ1n) is 6.45. The minimum Gasteiger partial charge on any atom is -0.293 e. The van der Waals surface area contributed by atoms with Crippen LogP contribution in [0.5, 0.6) is 0 Å². The number of aryl methyl sites for hydroxylation is 2. The fourth-order valence-corrected chi connectivity index (χ4v) is 4.04. The Kier molecular flexibility index (Phi) is 3.67. The average Bonchev–Trinajstić information content (AvgIpc) is 2.55. The molecule has 0 aromatic carbocycles. The van der Waals surface area contributed by atoms with Gasteiger partial charge in [0.15, 0.2) is 5.78 Å². The van der Waals surface area contributed by atoms with Gasteiger partial charge in [-0.15, -0.1) is 11.3 Å². The molecule has 0 radical (unpaired) electrons. The van der Waals surface area contributed by atoms with Crippen molar-refractivity contribution in [3.05, 3.63) is 15.6 Å². The van der Waals surface area contributed by atoms with E-state index in [2.05, 4.69) is 18.8 Å². The Balaban J connectivity index is 2.17. The molecule has 3 heteroatoms. The van der Waals surface area contributed by atoms with Gasteiger partial charge in [0, 0.05) is 5.92 Å². The molecule has 2 atom stereocenters. The molecule has 1 aliphatic carbocycles. The van der Waals surface area contributed by atoms with E-state index in [1.807, 2.05) is 13.8 Å². The zero-order chi connectivity index (χ0) is 12.6. The number of Topliss-reactive ketones (excluding diaryl/α,β-unsaturated/α-hetero) is 1. The third-order valence-corrected chi connectivity index (χ3v) is 4.76. The second-order valence-corrected chi connectivity index (χ2v) is 6.83. The molecular formula is C14H21NOS. The van der Waals surface area contributed by atoms with Gasteiger partial charge in [-0.2, -0.15) is 0 Å². The van der Waals surface area contributed by atoms with Crippen molar-refractivity contribution in [1.82, 2.24) is 4.98 Å². The highest BCUT2D eigenvalue weighted by molar-refractivity contribution is 7.13. The van der Waals surface area contributed by atoms with E-state index in [0.29, 0.717) is 17.6 Å². The topological polar surface area (TPSA) is 30.0 Å². The van der Waals surface area contributed by atoms with E-state index < -0.39 is 0 Å². The molecule has 1 saturated carbocycles. The number of thiazole rings is 1. The summed E-state index contributed by atoms with van der Waals surface area (Å²) in [7, 11) is 0. The van der Waals surface area contributed by atoms with Crippen LogP contribution in [-0.2, 0) is 0 Å². The first-order chi connectivity index (χ1) is 7.97. The van der Waals surface area contributed by atoms with Crippen LogP contribution in [-0.4, -0.2) is 10.8 Å². The van der Waals surface area contributed by atoms with Crippen LogP contribution in [0.2, 0.25) is 0 Å². The predicted molar refractivity (Wildman–Crippen MR) is 71.6 cm³/mol. The van der Waals surface area contributed by atoms with E-state index in [1.165, 1.54) is 6.42 Å². The summed E-state index contributed by atoms with van der Waals surface area (Å²) in [6.45, 7) is 8.45. The fourth-order valence-electron chi connectivity index (χ4n) is 3.11. The van der Waals surface area contributed by atoms with Crippen molar-refractivity contribution in [3.8, 4) is 0 Å². The van der Waals surface area contributed by atoms with Crippen molar-refractivity contribution in [2.45, 2.75) is 47.0 Å². The summed E-state index contributed by atoms with van der Waals surface area (Å²) in [5, 5.41) is 1.00. The Morgan fingerprint density at radius 1 is 1.18 bits per heavy atom. The highest BCUT2D eigenvalue weighted by Gasteiger charge is 2.31. The van der Waals surface area contributed by atoms with Gasteiger partial charge >= 0.3 is 0 Å². The van der Waals surface area contributed by atoms with Gasteiger partial charge in [-0.3, -0.25) is 4.79 Å². The maximum absolute atomic E-state index is 12.5. The van der Waals surface area contributed by atoms with Crippen molar-refractivity contribution < 1.29 is 4.79 Å². The lowest BCUT2D eigenvalue weighted by Gasteiger charge is -2.30. The molecular weight excluding hydrogens is 230 g/mol. The molecule has 1 aromatic heterocycles. The molecule has 0 N–H and O–H groups in total. The van der Waals surface area contributed by atoms with Crippen molar-refractivity contribution >= 4 is 17.1 Å². The Morgan fingerprint density at radius 2 is 1.76 bits per heavy atom. The summed E-state index contributed by atoms with van der Waals surface area (Å²) in [6, 6.07) is 0. The summed E-state index contributed by atoms with van der Waals surface area (Å²) in [6.07, 6.45) is 3.38. The number of aromatic nitrogens is 1. The van der Waals surface area contributed by atoms with E-state index >= 15 is 0 Å². The van der Waals surface area contributed by atoms with Crippen LogP contribution >= 0.6 is 11.3 Å². The molecule has 2 nitrogen and oxygen atoms in total. The average molecular weight is 251 g/mol. The molecule has 2 rings (SSSR count). The standard InChI is InChI=1S/C14H21NOS/c1-8-5-9(2)7-12(6-8)13(16)14-10(3)15-11(4)17-14/h8-9,12H,5-7H2,1-4H3. The smallest absolute Gasteiger partial charge is 0.177 e. The number of carbonyl (C=O) groups is 1. The van der Waals surface area contributed by atoms with E-state index in [4.69, 9.17) is 0 Å². The van der Waals surface area contributed by atoms with E-state index in [-0.39, 0.29) is 5.92 Å². The second kappa shape index (κ2) is 4.89. The number of ketones is 1. The molecule has 0 aliphatic heterocycles. The maximum atomic E-state index is 12.5. The molecule has 0 spiro atoms. The molecule has 94 valence electrons. The zero-order valence-electron chi connectivity index (χ0n) is 11.1. The summed E-state index contributed by atoms with van der Waals surface area (Å²) in [5.41, 5.74) is 0.920. The first kappa shape index (κ1) is 12.7. The Hall–Kier alpha value is -0.700. The van der Waals surface area contributed by atoms with Crippen LogP contribution in [0.15, 0.2) is 0 Å². The highest BCUT2D eigenvalue weighted by atomic mass is 32.1. The number of hydrogen-bond donors (Lipinski definition) is 0. The summed E-state index contributed by atoms with van der Waals surface area (Å²) < 4.78 is 0. The van der Waals surface area contributed by atoms with Gasteiger partial charge in [-0.25, -0.2) is 4.98 Å². The molecule has 17 heavy (non-hydrogen) atoms. The first-order valence-corrected chi connectivity index (χ1v) is 7.27. The molecule has 1 fully saturated rings. The number of hydrogen-bond acceptors (Lipinski definition) is 3. The zero-order valence-corrected chi connectivity index (χ0v) is 11.9. The van der Waals surface area contributed by atoms with Crippen molar-refractivity contribution in [2.75, 3.05) is 0 Å². The van der Waals surface area contributed by atoms with Crippen molar-refractivity contribution in [1.29, 1.82) is 0 Å². The molecule has 1 heterocycles.